The Hall–Kier alpha value is -2.64. The normalized spacial score (nSPS) is 11.8. The number of carbonyl (C=O) groups excluding carboxylic acids is 1. The van der Waals surface area contributed by atoms with Gasteiger partial charge in [0, 0.05) is 22.1 Å². The van der Waals surface area contributed by atoms with Crippen molar-refractivity contribution in [3.63, 3.8) is 0 Å². The van der Waals surface area contributed by atoms with Gasteiger partial charge in [0.1, 0.15) is 17.4 Å². The van der Waals surface area contributed by atoms with E-state index in [1.807, 2.05) is 39.2 Å². The number of fused-ring (bicyclic) bond motifs is 3. The molecule has 0 aliphatic rings. The maximum Gasteiger partial charge on any atom is 0.407 e. The zero-order valence-corrected chi connectivity index (χ0v) is 20.5. The van der Waals surface area contributed by atoms with Crippen LogP contribution in [0.4, 0.5) is 4.79 Å². The monoisotopic (exact) mass is 514 g/mol. The molecule has 2 aromatic carbocycles. The van der Waals surface area contributed by atoms with Crippen LogP contribution in [0.15, 0.2) is 53.4 Å². The van der Waals surface area contributed by atoms with Crippen molar-refractivity contribution in [1.82, 2.24) is 19.9 Å². The molecule has 4 rings (SSSR count). The molecule has 0 spiro atoms. The van der Waals surface area contributed by atoms with Crippen LogP contribution in [0.25, 0.3) is 27.6 Å². The first-order valence-electron chi connectivity index (χ1n) is 10.4. The van der Waals surface area contributed by atoms with Crippen molar-refractivity contribution in [2.45, 2.75) is 39.2 Å². The van der Waals surface area contributed by atoms with Crippen LogP contribution < -0.4 is 5.32 Å². The van der Waals surface area contributed by atoms with Gasteiger partial charge in [-0.1, -0.05) is 23.7 Å². The van der Waals surface area contributed by atoms with Crippen LogP contribution in [-0.2, 0) is 11.2 Å². The summed E-state index contributed by atoms with van der Waals surface area (Å²) in [6.07, 6.45) is 4.89. The van der Waals surface area contributed by atoms with Crippen LogP contribution in [0, 0.1) is 0 Å². The molecule has 0 saturated heterocycles. The Balaban J connectivity index is 1.48. The highest BCUT2D eigenvalue weighted by Crippen LogP contribution is 2.32. The lowest BCUT2D eigenvalue weighted by Gasteiger charge is -2.19. The van der Waals surface area contributed by atoms with Crippen molar-refractivity contribution in [2.75, 3.05) is 6.54 Å². The van der Waals surface area contributed by atoms with E-state index in [9.17, 15) is 4.79 Å². The van der Waals surface area contributed by atoms with E-state index in [1.165, 1.54) is 5.56 Å². The number of benzene rings is 2. The summed E-state index contributed by atoms with van der Waals surface area (Å²) in [5.41, 5.74) is 4.36. The molecule has 2 aromatic heterocycles. The van der Waals surface area contributed by atoms with Gasteiger partial charge in [0.05, 0.1) is 22.3 Å². The first-order chi connectivity index (χ1) is 15.2. The zero-order valence-electron chi connectivity index (χ0n) is 18.2. The lowest BCUT2D eigenvalue weighted by molar-refractivity contribution is 0.0527. The van der Waals surface area contributed by atoms with Gasteiger partial charge in [0.2, 0.25) is 0 Å². The molecule has 6 nitrogen and oxygen atoms in total. The van der Waals surface area contributed by atoms with Crippen LogP contribution in [0.1, 0.15) is 32.8 Å². The lowest BCUT2D eigenvalue weighted by Crippen LogP contribution is -2.33. The Morgan fingerprint density at radius 2 is 1.91 bits per heavy atom. The molecule has 0 fully saturated rings. The third-order valence-corrected chi connectivity index (χ3v) is 6.14. The van der Waals surface area contributed by atoms with Crippen molar-refractivity contribution in [2.24, 2.45) is 0 Å². The number of carbonyl (C=O) groups is 1. The molecule has 8 heteroatoms. The number of hydrogen-bond donors (Lipinski definition) is 1. The van der Waals surface area contributed by atoms with E-state index in [-0.39, 0.29) is 6.09 Å². The molecule has 0 aliphatic carbocycles. The maximum absolute atomic E-state index is 11.7. The standard InChI is InChI=1S/C24H24BrClN4O2/c1-24(2,3)32-23(31)27-10-4-5-15-6-8-16(9-7-15)30-14-29-21-13-28-20-12-19(26)18(25)11-17(20)22(21)30/h6-9,11-14H,4-5,10H2,1-3H3,(H,27,31). The highest BCUT2D eigenvalue weighted by Gasteiger charge is 2.15. The molecular formula is C24H24BrClN4O2. The highest BCUT2D eigenvalue weighted by atomic mass is 79.9. The van der Waals surface area contributed by atoms with Crippen LogP contribution in [0.2, 0.25) is 5.02 Å². The average molecular weight is 516 g/mol. The molecule has 4 aromatic rings. The number of aryl methyl sites for hydroxylation is 1. The number of ether oxygens (including phenoxy) is 1. The Kier molecular flexibility index (Phi) is 6.40. The maximum atomic E-state index is 11.7. The van der Waals surface area contributed by atoms with E-state index in [0.29, 0.717) is 11.6 Å². The number of nitrogens with one attached hydrogen (secondary N) is 1. The quantitative estimate of drug-likeness (QED) is 0.310. The van der Waals surface area contributed by atoms with Gasteiger partial charge >= 0.3 is 6.09 Å². The predicted octanol–water partition coefficient (Wildman–Crippen LogP) is 6.45. The molecular weight excluding hydrogens is 492 g/mol. The summed E-state index contributed by atoms with van der Waals surface area (Å²) < 4.78 is 8.14. The van der Waals surface area contributed by atoms with Gasteiger partial charge in [-0.15, -0.1) is 0 Å². The van der Waals surface area contributed by atoms with Gasteiger partial charge in [-0.2, -0.15) is 0 Å². The van der Waals surface area contributed by atoms with E-state index in [1.54, 1.807) is 6.20 Å². The number of rotatable bonds is 5. The van der Waals surface area contributed by atoms with Crippen molar-refractivity contribution in [3.8, 4) is 5.69 Å². The summed E-state index contributed by atoms with van der Waals surface area (Å²) in [7, 11) is 0. The molecule has 0 radical (unpaired) electrons. The van der Waals surface area contributed by atoms with Crippen molar-refractivity contribution in [1.29, 1.82) is 0 Å². The summed E-state index contributed by atoms with van der Waals surface area (Å²) in [6.45, 7) is 6.12. The van der Waals surface area contributed by atoms with Gasteiger partial charge in [-0.25, -0.2) is 9.78 Å². The van der Waals surface area contributed by atoms with Gasteiger partial charge in [0.15, 0.2) is 0 Å². The summed E-state index contributed by atoms with van der Waals surface area (Å²) in [6, 6.07) is 12.2. The van der Waals surface area contributed by atoms with Crippen molar-refractivity contribution < 1.29 is 9.53 Å². The number of aromatic nitrogens is 3. The topological polar surface area (TPSA) is 69.0 Å². The van der Waals surface area contributed by atoms with Crippen LogP contribution in [0.5, 0.6) is 0 Å². The van der Waals surface area contributed by atoms with Gasteiger partial charge in [-0.05, 0) is 79.4 Å². The van der Waals surface area contributed by atoms with E-state index < -0.39 is 5.60 Å². The molecule has 0 unspecified atom stereocenters. The Morgan fingerprint density at radius 3 is 2.62 bits per heavy atom. The molecule has 0 atom stereocenters. The third kappa shape index (κ3) is 5.05. The Labute approximate surface area is 200 Å². The zero-order chi connectivity index (χ0) is 22.9. The van der Waals surface area contributed by atoms with Gasteiger partial charge < -0.3 is 10.1 Å². The minimum Gasteiger partial charge on any atom is -0.444 e. The van der Waals surface area contributed by atoms with Crippen LogP contribution >= 0.6 is 27.5 Å². The SMILES string of the molecule is CC(C)(C)OC(=O)NCCCc1ccc(-n2cnc3cnc4cc(Cl)c(Br)cc4c32)cc1. The second-order valence-corrected chi connectivity index (χ2v) is 9.85. The van der Waals surface area contributed by atoms with Crippen molar-refractivity contribution in [3.05, 3.63) is 64.0 Å². The Bertz CT molecular complexity index is 1280. The molecule has 166 valence electrons. The smallest absolute Gasteiger partial charge is 0.407 e. The van der Waals surface area contributed by atoms with Crippen molar-refractivity contribution >= 4 is 55.6 Å². The lowest BCUT2D eigenvalue weighted by atomic mass is 10.1. The molecule has 2 heterocycles. The Morgan fingerprint density at radius 1 is 1.16 bits per heavy atom. The first-order valence-corrected chi connectivity index (χ1v) is 11.6. The molecule has 0 saturated carbocycles. The first kappa shape index (κ1) is 22.6. The number of imidazole rings is 1. The van der Waals surface area contributed by atoms with Crippen LogP contribution in [-0.4, -0.2) is 32.8 Å². The van der Waals surface area contributed by atoms with E-state index in [4.69, 9.17) is 16.3 Å². The number of halogens is 2. The fourth-order valence-corrected chi connectivity index (χ4v) is 4.01. The summed E-state index contributed by atoms with van der Waals surface area (Å²) in [5, 5.41) is 4.40. The fourth-order valence-electron chi connectivity index (χ4n) is 3.50. The average Bonchev–Trinajstić information content (AvgIpc) is 3.16. The molecule has 1 N–H and O–H groups in total. The second kappa shape index (κ2) is 9.08. The minimum absolute atomic E-state index is 0.380. The molecule has 1 amide bonds. The summed E-state index contributed by atoms with van der Waals surface area (Å²) in [5.74, 6) is 0. The summed E-state index contributed by atoms with van der Waals surface area (Å²) >= 11 is 9.76. The van der Waals surface area contributed by atoms with E-state index >= 15 is 0 Å². The van der Waals surface area contributed by atoms with E-state index in [0.717, 1.165) is 44.9 Å². The highest BCUT2D eigenvalue weighted by molar-refractivity contribution is 9.10. The third-order valence-electron chi connectivity index (χ3n) is 4.94. The molecule has 0 bridgehead atoms. The van der Waals surface area contributed by atoms with Gasteiger partial charge in [0.25, 0.3) is 0 Å². The molecule has 0 aliphatic heterocycles. The molecule has 32 heavy (non-hydrogen) atoms. The van der Waals surface area contributed by atoms with E-state index in [2.05, 4.69) is 60.0 Å². The number of pyridine rings is 1. The number of nitrogens with zero attached hydrogens (tertiary/aromatic N) is 3. The van der Waals surface area contributed by atoms with Crippen LogP contribution in [0.3, 0.4) is 0 Å². The van der Waals surface area contributed by atoms with Gasteiger partial charge in [-0.3, -0.25) is 9.55 Å². The predicted molar refractivity (Wildman–Crippen MR) is 132 cm³/mol. The summed E-state index contributed by atoms with van der Waals surface area (Å²) in [4.78, 5) is 20.7. The largest absolute Gasteiger partial charge is 0.444 e. The fraction of sp³-hybridized carbons (Fsp3) is 0.292. The second-order valence-electron chi connectivity index (χ2n) is 8.59. The minimum atomic E-state index is -0.485. The number of hydrogen-bond acceptors (Lipinski definition) is 4. The number of alkyl carbamates (subject to hydrolysis) is 1. The number of amides is 1.